The van der Waals surface area contributed by atoms with Crippen LogP contribution < -0.4 is 11.1 Å². The summed E-state index contributed by atoms with van der Waals surface area (Å²) in [4.78, 5) is 7.00. The lowest BCUT2D eigenvalue weighted by Crippen LogP contribution is -2.38. The first kappa shape index (κ1) is 18.3. The van der Waals surface area contributed by atoms with E-state index in [1.165, 1.54) is 64.5 Å². The number of guanidine groups is 1. The van der Waals surface area contributed by atoms with Crippen LogP contribution in [0, 0.1) is 0 Å². The van der Waals surface area contributed by atoms with E-state index in [4.69, 9.17) is 5.73 Å². The number of piperidine rings is 1. The molecule has 0 aromatic heterocycles. The fourth-order valence-electron chi connectivity index (χ4n) is 2.94. The average Bonchev–Trinajstić information content (AvgIpc) is 2.48. The van der Waals surface area contributed by atoms with Crippen LogP contribution in [0.1, 0.15) is 71.6 Å². The predicted molar refractivity (Wildman–Crippen MR) is 92.8 cm³/mol. The first-order valence-corrected chi connectivity index (χ1v) is 9.02. The molecule has 1 saturated heterocycles. The van der Waals surface area contributed by atoms with Gasteiger partial charge in [0.05, 0.1) is 0 Å². The van der Waals surface area contributed by atoms with E-state index >= 15 is 0 Å². The molecule has 4 nitrogen and oxygen atoms in total. The third kappa shape index (κ3) is 8.97. The minimum atomic E-state index is 0.623. The van der Waals surface area contributed by atoms with Gasteiger partial charge in [0.25, 0.3) is 0 Å². The molecule has 1 aliphatic heterocycles. The highest BCUT2D eigenvalue weighted by molar-refractivity contribution is 5.77. The number of hydrogen-bond acceptors (Lipinski definition) is 2. The van der Waals surface area contributed by atoms with Crippen molar-refractivity contribution in [3.8, 4) is 0 Å². The Balaban J connectivity index is 1.96. The Morgan fingerprint density at radius 1 is 1.19 bits per heavy atom. The Bertz CT molecular complexity index is 278. The second-order valence-electron chi connectivity index (χ2n) is 6.34. The molecule has 1 fully saturated rings. The van der Waals surface area contributed by atoms with Crippen molar-refractivity contribution in [2.24, 2.45) is 10.7 Å². The van der Waals surface area contributed by atoms with Crippen molar-refractivity contribution in [3.05, 3.63) is 0 Å². The quantitative estimate of drug-likeness (QED) is 0.370. The van der Waals surface area contributed by atoms with E-state index in [1.54, 1.807) is 0 Å². The minimum Gasteiger partial charge on any atom is -0.370 e. The van der Waals surface area contributed by atoms with Crippen LogP contribution in [0.5, 0.6) is 0 Å². The SMILES string of the molecule is CCCCCCN=C(N)NCCCCN1CCCCC1C. The molecule has 1 heterocycles. The molecule has 0 radical (unpaired) electrons. The number of likely N-dealkylation sites (tertiary alicyclic amines) is 1. The fourth-order valence-corrected chi connectivity index (χ4v) is 2.94. The Kier molecular flexibility index (Phi) is 10.3. The van der Waals surface area contributed by atoms with Gasteiger partial charge in [-0.2, -0.15) is 0 Å². The first-order valence-electron chi connectivity index (χ1n) is 9.02. The van der Waals surface area contributed by atoms with E-state index in [0.29, 0.717) is 5.96 Å². The van der Waals surface area contributed by atoms with Gasteiger partial charge >= 0.3 is 0 Å². The van der Waals surface area contributed by atoms with Crippen LogP contribution in [0.15, 0.2) is 4.99 Å². The molecule has 0 aromatic rings. The first-order chi connectivity index (χ1) is 10.2. The van der Waals surface area contributed by atoms with E-state index in [-0.39, 0.29) is 0 Å². The van der Waals surface area contributed by atoms with Gasteiger partial charge in [0.1, 0.15) is 0 Å². The number of nitrogens with two attached hydrogens (primary N) is 1. The van der Waals surface area contributed by atoms with Crippen molar-refractivity contribution < 1.29 is 0 Å². The second-order valence-corrected chi connectivity index (χ2v) is 6.34. The third-order valence-electron chi connectivity index (χ3n) is 4.41. The monoisotopic (exact) mass is 296 g/mol. The molecular weight excluding hydrogens is 260 g/mol. The van der Waals surface area contributed by atoms with Gasteiger partial charge in [-0.3, -0.25) is 4.99 Å². The maximum Gasteiger partial charge on any atom is 0.188 e. The number of unbranched alkanes of at least 4 members (excludes halogenated alkanes) is 4. The van der Waals surface area contributed by atoms with Gasteiger partial charge in [-0.15, -0.1) is 0 Å². The van der Waals surface area contributed by atoms with Gasteiger partial charge in [0, 0.05) is 19.1 Å². The van der Waals surface area contributed by atoms with E-state index in [9.17, 15) is 0 Å². The second kappa shape index (κ2) is 11.8. The van der Waals surface area contributed by atoms with Gasteiger partial charge in [0.2, 0.25) is 0 Å². The smallest absolute Gasteiger partial charge is 0.188 e. The summed E-state index contributed by atoms with van der Waals surface area (Å²) < 4.78 is 0. The molecule has 0 aromatic carbocycles. The van der Waals surface area contributed by atoms with Crippen molar-refractivity contribution in [1.29, 1.82) is 0 Å². The molecule has 3 N–H and O–H groups in total. The van der Waals surface area contributed by atoms with Crippen LogP contribution in [-0.4, -0.2) is 43.1 Å². The zero-order chi connectivity index (χ0) is 15.3. The average molecular weight is 297 g/mol. The minimum absolute atomic E-state index is 0.623. The standard InChI is InChI=1S/C17H36N4/c1-3-4-5-7-12-19-17(18)20-13-8-10-15-21-14-9-6-11-16(21)2/h16H,3-15H2,1-2H3,(H3,18,19,20). The Morgan fingerprint density at radius 2 is 2.05 bits per heavy atom. The summed E-state index contributed by atoms with van der Waals surface area (Å²) in [7, 11) is 0. The normalized spacial score (nSPS) is 20.7. The number of rotatable bonds is 10. The Hall–Kier alpha value is -0.770. The maximum absolute atomic E-state index is 5.86. The van der Waals surface area contributed by atoms with E-state index < -0.39 is 0 Å². The lowest BCUT2D eigenvalue weighted by molar-refractivity contribution is 0.158. The molecule has 0 aliphatic carbocycles. The van der Waals surface area contributed by atoms with Crippen molar-refractivity contribution >= 4 is 5.96 Å². The summed E-state index contributed by atoms with van der Waals surface area (Å²) in [5.41, 5.74) is 5.86. The molecule has 1 unspecified atom stereocenters. The summed E-state index contributed by atoms with van der Waals surface area (Å²) in [5.74, 6) is 0.623. The summed E-state index contributed by atoms with van der Waals surface area (Å²) in [6.07, 6.45) is 11.6. The highest BCUT2D eigenvalue weighted by atomic mass is 15.2. The highest BCUT2D eigenvalue weighted by Crippen LogP contribution is 2.16. The van der Waals surface area contributed by atoms with Crippen LogP contribution >= 0.6 is 0 Å². The summed E-state index contributed by atoms with van der Waals surface area (Å²) >= 11 is 0. The van der Waals surface area contributed by atoms with Gasteiger partial charge in [-0.25, -0.2) is 0 Å². The number of nitrogens with zero attached hydrogens (tertiary/aromatic N) is 2. The molecule has 1 aliphatic rings. The van der Waals surface area contributed by atoms with Crippen LogP contribution in [-0.2, 0) is 0 Å². The van der Waals surface area contributed by atoms with Crippen LogP contribution in [0.2, 0.25) is 0 Å². The van der Waals surface area contributed by atoms with Crippen LogP contribution in [0.4, 0.5) is 0 Å². The van der Waals surface area contributed by atoms with Crippen molar-refractivity contribution in [2.45, 2.75) is 77.7 Å². The molecule has 0 bridgehead atoms. The van der Waals surface area contributed by atoms with Crippen molar-refractivity contribution in [1.82, 2.24) is 10.2 Å². The van der Waals surface area contributed by atoms with Gasteiger partial charge < -0.3 is 16.0 Å². The van der Waals surface area contributed by atoms with Crippen molar-refractivity contribution in [2.75, 3.05) is 26.2 Å². The Labute approximate surface area is 131 Å². The van der Waals surface area contributed by atoms with E-state index in [1.807, 2.05) is 0 Å². The van der Waals surface area contributed by atoms with Gasteiger partial charge in [-0.05, 0) is 52.1 Å². The number of aliphatic imine (C=N–C) groups is 1. The topological polar surface area (TPSA) is 53.6 Å². The number of hydrogen-bond donors (Lipinski definition) is 2. The molecule has 1 atom stereocenters. The summed E-state index contributed by atoms with van der Waals surface area (Å²) in [6.45, 7) is 8.92. The summed E-state index contributed by atoms with van der Waals surface area (Å²) in [5, 5.41) is 3.23. The fraction of sp³-hybridized carbons (Fsp3) is 0.941. The zero-order valence-corrected chi connectivity index (χ0v) is 14.2. The zero-order valence-electron chi connectivity index (χ0n) is 14.2. The molecule has 4 heteroatoms. The van der Waals surface area contributed by atoms with Gasteiger partial charge in [-0.1, -0.05) is 32.6 Å². The number of nitrogens with one attached hydrogen (secondary N) is 1. The highest BCUT2D eigenvalue weighted by Gasteiger charge is 2.16. The lowest BCUT2D eigenvalue weighted by atomic mass is 10.0. The van der Waals surface area contributed by atoms with Crippen LogP contribution in [0.3, 0.4) is 0 Å². The van der Waals surface area contributed by atoms with E-state index in [0.717, 1.165) is 25.6 Å². The molecule has 1 rings (SSSR count). The largest absolute Gasteiger partial charge is 0.370 e. The molecule has 0 spiro atoms. The molecule has 0 amide bonds. The molecule has 21 heavy (non-hydrogen) atoms. The molecule has 0 saturated carbocycles. The molecule has 124 valence electrons. The van der Waals surface area contributed by atoms with Crippen molar-refractivity contribution in [3.63, 3.8) is 0 Å². The predicted octanol–water partition coefficient (Wildman–Crippen LogP) is 3.13. The van der Waals surface area contributed by atoms with Crippen LogP contribution in [0.25, 0.3) is 0 Å². The lowest BCUT2D eigenvalue weighted by Gasteiger charge is -2.33. The molecular formula is C17H36N4. The van der Waals surface area contributed by atoms with E-state index in [2.05, 4.69) is 29.1 Å². The Morgan fingerprint density at radius 3 is 2.81 bits per heavy atom. The summed E-state index contributed by atoms with van der Waals surface area (Å²) in [6, 6.07) is 0.779. The third-order valence-corrected chi connectivity index (χ3v) is 4.41. The maximum atomic E-state index is 5.86. The van der Waals surface area contributed by atoms with Gasteiger partial charge in [0.15, 0.2) is 5.96 Å².